The molecule has 3 nitrogen and oxygen atoms in total. The van der Waals surface area contributed by atoms with E-state index in [4.69, 9.17) is 4.74 Å². The highest BCUT2D eigenvalue weighted by atomic mass is 16.5. The van der Waals surface area contributed by atoms with E-state index in [1.807, 2.05) is 36.7 Å². The molecule has 0 bridgehead atoms. The van der Waals surface area contributed by atoms with Gasteiger partial charge >= 0.3 is 0 Å². The number of nitrogens with zero attached hydrogens (tertiary/aromatic N) is 2. The molecule has 6 aromatic carbocycles. The Morgan fingerprint density at radius 2 is 1.11 bits per heavy atom. The predicted octanol–water partition coefficient (Wildman–Crippen LogP) is 9.78. The molecule has 0 unspecified atom stereocenters. The number of para-hydroxylation sites is 4. The number of benzene rings is 6. The maximum atomic E-state index is 6.34. The van der Waals surface area contributed by atoms with Crippen LogP contribution in [0.2, 0.25) is 0 Å². The molecule has 0 N–H and O–H groups in total. The van der Waals surface area contributed by atoms with E-state index >= 15 is 0 Å². The standard InChI is InChI=1S/C35H22N2O/c1-2-12-24-23(10-1)11-9-15-25(24)34-26-13-3-4-14-28(26)35(29-22-36-21-20-27(29)34)37-30-16-5-7-18-32(30)38-33-19-8-6-17-31(33)37/h1-22H. The summed E-state index contributed by atoms with van der Waals surface area (Å²) < 4.78 is 6.34. The molecule has 3 heteroatoms. The molecule has 1 aliphatic heterocycles. The molecule has 38 heavy (non-hydrogen) atoms. The fraction of sp³-hybridized carbons (Fsp3) is 0. The van der Waals surface area contributed by atoms with Crippen molar-refractivity contribution < 1.29 is 4.74 Å². The molecule has 7 aromatic rings. The monoisotopic (exact) mass is 486 g/mol. The molecule has 8 rings (SSSR count). The summed E-state index contributed by atoms with van der Waals surface area (Å²) in [6.45, 7) is 0. The van der Waals surface area contributed by atoms with Gasteiger partial charge in [0, 0.05) is 23.2 Å². The molecule has 0 radical (unpaired) electrons. The molecule has 0 amide bonds. The Labute approximate surface area is 220 Å². The van der Waals surface area contributed by atoms with Gasteiger partial charge in [-0.05, 0) is 63.0 Å². The maximum absolute atomic E-state index is 6.34. The zero-order valence-corrected chi connectivity index (χ0v) is 20.5. The second-order valence-electron chi connectivity index (χ2n) is 9.59. The molecule has 178 valence electrons. The zero-order chi connectivity index (χ0) is 25.1. The third-order valence-electron chi connectivity index (χ3n) is 7.51. The van der Waals surface area contributed by atoms with Crippen molar-refractivity contribution in [3.05, 3.63) is 134 Å². The first-order valence-electron chi connectivity index (χ1n) is 12.8. The SMILES string of the molecule is c1ccc2c(c1)Oc1ccccc1N2c1c2ccccc2c(-c2cccc3ccccc23)c2ccncc12. The summed E-state index contributed by atoms with van der Waals surface area (Å²) >= 11 is 0. The number of anilines is 3. The first kappa shape index (κ1) is 21.0. The fourth-order valence-electron chi connectivity index (χ4n) is 5.92. The van der Waals surface area contributed by atoms with Crippen LogP contribution in [-0.4, -0.2) is 4.98 Å². The van der Waals surface area contributed by atoms with Crippen LogP contribution >= 0.6 is 0 Å². The Balaban J connectivity index is 1.55. The van der Waals surface area contributed by atoms with Crippen molar-refractivity contribution in [1.82, 2.24) is 4.98 Å². The molecular weight excluding hydrogens is 464 g/mol. The third-order valence-corrected chi connectivity index (χ3v) is 7.51. The molecule has 0 aliphatic carbocycles. The molecule has 0 atom stereocenters. The Morgan fingerprint density at radius 3 is 1.89 bits per heavy atom. The average molecular weight is 487 g/mol. The first-order chi connectivity index (χ1) is 18.9. The van der Waals surface area contributed by atoms with E-state index < -0.39 is 0 Å². The van der Waals surface area contributed by atoms with Crippen LogP contribution in [0, 0.1) is 0 Å². The second kappa shape index (κ2) is 8.19. The Morgan fingerprint density at radius 1 is 0.500 bits per heavy atom. The smallest absolute Gasteiger partial charge is 0.151 e. The summed E-state index contributed by atoms with van der Waals surface area (Å²) in [5, 5.41) is 7.12. The van der Waals surface area contributed by atoms with Gasteiger partial charge in [0.15, 0.2) is 11.5 Å². The van der Waals surface area contributed by atoms with E-state index in [9.17, 15) is 0 Å². The second-order valence-corrected chi connectivity index (χ2v) is 9.59. The molecule has 1 aliphatic rings. The van der Waals surface area contributed by atoms with E-state index in [0.29, 0.717) is 0 Å². The van der Waals surface area contributed by atoms with Crippen molar-refractivity contribution in [3.8, 4) is 22.6 Å². The summed E-state index contributed by atoms with van der Waals surface area (Å²) in [7, 11) is 0. The van der Waals surface area contributed by atoms with Crippen LogP contribution in [0.25, 0.3) is 43.4 Å². The highest BCUT2D eigenvalue weighted by Gasteiger charge is 2.29. The third kappa shape index (κ3) is 2.99. The largest absolute Gasteiger partial charge is 0.453 e. The lowest BCUT2D eigenvalue weighted by Gasteiger charge is -2.34. The van der Waals surface area contributed by atoms with Gasteiger partial charge in [0.25, 0.3) is 0 Å². The van der Waals surface area contributed by atoms with Crippen molar-refractivity contribution in [3.63, 3.8) is 0 Å². The van der Waals surface area contributed by atoms with Crippen LogP contribution in [0.1, 0.15) is 0 Å². The fourth-order valence-corrected chi connectivity index (χ4v) is 5.92. The lowest BCUT2D eigenvalue weighted by atomic mass is 9.88. The van der Waals surface area contributed by atoms with Gasteiger partial charge in [0.1, 0.15) is 0 Å². The van der Waals surface area contributed by atoms with Gasteiger partial charge in [-0.25, -0.2) is 0 Å². The Hall–Kier alpha value is -5.15. The zero-order valence-electron chi connectivity index (χ0n) is 20.5. The number of pyridine rings is 1. The number of aromatic nitrogens is 1. The number of hydrogen-bond acceptors (Lipinski definition) is 3. The topological polar surface area (TPSA) is 25.4 Å². The van der Waals surface area contributed by atoms with E-state index in [2.05, 4.69) is 107 Å². The quantitative estimate of drug-likeness (QED) is 0.227. The Bertz CT molecular complexity index is 1920. The van der Waals surface area contributed by atoms with Crippen LogP contribution in [0.15, 0.2) is 134 Å². The maximum Gasteiger partial charge on any atom is 0.151 e. The van der Waals surface area contributed by atoms with E-state index in [1.54, 1.807) is 0 Å². The summed E-state index contributed by atoms with van der Waals surface area (Å²) in [4.78, 5) is 6.97. The summed E-state index contributed by atoms with van der Waals surface area (Å²) in [5.74, 6) is 1.68. The van der Waals surface area contributed by atoms with Crippen LogP contribution in [-0.2, 0) is 0 Å². The predicted molar refractivity (Wildman–Crippen MR) is 157 cm³/mol. The lowest BCUT2D eigenvalue weighted by molar-refractivity contribution is 0.477. The minimum absolute atomic E-state index is 0.838. The first-order valence-corrected chi connectivity index (χ1v) is 12.8. The van der Waals surface area contributed by atoms with E-state index in [-0.39, 0.29) is 0 Å². The van der Waals surface area contributed by atoms with Gasteiger partial charge in [0.2, 0.25) is 0 Å². The van der Waals surface area contributed by atoms with Gasteiger partial charge in [-0.3, -0.25) is 4.98 Å². The van der Waals surface area contributed by atoms with Crippen LogP contribution in [0.3, 0.4) is 0 Å². The van der Waals surface area contributed by atoms with Crippen LogP contribution in [0.4, 0.5) is 17.1 Å². The summed E-state index contributed by atoms with van der Waals surface area (Å²) in [6.07, 6.45) is 3.91. The van der Waals surface area contributed by atoms with Gasteiger partial charge in [-0.15, -0.1) is 0 Å². The summed E-state index contributed by atoms with van der Waals surface area (Å²) in [6, 6.07) is 42.6. The number of ether oxygens (including phenoxy) is 1. The average Bonchev–Trinajstić information content (AvgIpc) is 2.99. The van der Waals surface area contributed by atoms with Gasteiger partial charge in [-0.2, -0.15) is 0 Å². The van der Waals surface area contributed by atoms with Crippen LogP contribution in [0.5, 0.6) is 11.5 Å². The Kier molecular flexibility index (Phi) is 4.52. The van der Waals surface area contributed by atoms with Gasteiger partial charge in [-0.1, -0.05) is 91.0 Å². The molecule has 0 saturated carbocycles. The molecule has 2 heterocycles. The molecule has 1 aromatic heterocycles. The van der Waals surface area contributed by atoms with Crippen LogP contribution < -0.4 is 9.64 Å². The molecular formula is C35H22N2O. The van der Waals surface area contributed by atoms with Crippen molar-refractivity contribution in [2.24, 2.45) is 0 Å². The van der Waals surface area contributed by atoms with Gasteiger partial charge < -0.3 is 9.64 Å². The van der Waals surface area contributed by atoms with Gasteiger partial charge in [0.05, 0.1) is 17.1 Å². The van der Waals surface area contributed by atoms with Crippen molar-refractivity contribution >= 4 is 49.4 Å². The van der Waals surface area contributed by atoms with E-state index in [0.717, 1.165) is 33.9 Å². The molecule has 0 spiro atoms. The lowest BCUT2D eigenvalue weighted by Crippen LogP contribution is -2.16. The number of hydrogen-bond donors (Lipinski definition) is 0. The summed E-state index contributed by atoms with van der Waals surface area (Å²) in [5.41, 5.74) is 5.59. The molecule has 0 saturated heterocycles. The van der Waals surface area contributed by atoms with Crippen molar-refractivity contribution in [1.29, 1.82) is 0 Å². The molecule has 0 fully saturated rings. The normalized spacial score (nSPS) is 12.4. The highest BCUT2D eigenvalue weighted by Crippen LogP contribution is 2.54. The van der Waals surface area contributed by atoms with E-state index in [1.165, 1.54) is 38.1 Å². The number of rotatable bonds is 2. The minimum atomic E-state index is 0.838. The highest BCUT2D eigenvalue weighted by molar-refractivity contribution is 6.24. The number of fused-ring (bicyclic) bond motifs is 5. The van der Waals surface area contributed by atoms with Crippen molar-refractivity contribution in [2.75, 3.05) is 4.90 Å². The van der Waals surface area contributed by atoms with Crippen molar-refractivity contribution in [2.45, 2.75) is 0 Å². The minimum Gasteiger partial charge on any atom is -0.453 e.